The first-order valence-corrected chi connectivity index (χ1v) is 6.65. The third kappa shape index (κ3) is 3.87. The minimum atomic E-state index is -1.02. The Balaban J connectivity index is 1.92. The summed E-state index contributed by atoms with van der Waals surface area (Å²) >= 11 is 1.23. The van der Waals surface area contributed by atoms with Gasteiger partial charge in [-0.05, 0) is 19.4 Å². The minimum Gasteiger partial charge on any atom is -0.478 e. The fourth-order valence-electron chi connectivity index (χ4n) is 1.78. The number of anilines is 1. The predicted molar refractivity (Wildman–Crippen MR) is 70.9 cm³/mol. The number of rotatable bonds is 4. The lowest BCUT2D eigenvalue weighted by Gasteiger charge is -2.06. The van der Waals surface area contributed by atoms with Gasteiger partial charge in [-0.3, -0.25) is 4.79 Å². The second-order valence-corrected chi connectivity index (χ2v) is 5.37. The third-order valence-corrected chi connectivity index (χ3v) is 3.59. The van der Waals surface area contributed by atoms with Crippen LogP contribution >= 0.6 is 11.3 Å². The molecule has 2 unspecified atom stereocenters. The zero-order valence-electron chi connectivity index (χ0n) is 10.3. The van der Waals surface area contributed by atoms with Gasteiger partial charge in [-0.1, -0.05) is 11.3 Å². The molecule has 0 saturated carbocycles. The van der Waals surface area contributed by atoms with Gasteiger partial charge in [0, 0.05) is 17.2 Å². The van der Waals surface area contributed by atoms with Crippen molar-refractivity contribution in [3.05, 3.63) is 17.2 Å². The molecule has 0 bridgehead atoms. The second-order valence-electron chi connectivity index (χ2n) is 4.31. The summed E-state index contributed by atoms with van der Waals surface area (Å²) in [7, 11) is 0. The Bertz CT molecular complexity index is 512. The van der Waals surface area contributed by atoms with Crippen molar-refractivity contribution in [1.82, 2.24) is 4.98 Å². The zero-order chi connectivity index (χ0) is 13.8. The van der Waals surface area contributed by atoms with E-state index in [-0.39, 0.29) is 17.9 Å². The molecule has 6 nitrogen and oxygen atoms in total. The van der Waals surface area contributed by atoms with Crippen LogP contribution in [0.25, 0.3) is 6.08 Å². The molecule has 0 aromatic carbocycles. The van der Waals surface area contributed by atoms with Gasteiger partial charge in [0.05, 0.1) is 18.6 Å². The average molecular weight is 282 g/mol. The van der Waals surface area contributed by atoms with E-state index in [0.29, 0.717) is 23.0 Å². The topological polar surface area (TPSA) is 88.5 Å². The van der Waals surface area contributed by atoms with Crippen LogP contribution in [-0.4, -0.2) is 34.7 Å². The maximum Gasteiger partial charge on any atom is 0.328 e. The number of ether oxygens (including phenoxy) is 1. The van der Waals surface area contributed by atoms with Gasteiger partial charge in [-0.25, -0.2) is 9.78 Å². The number of nitrogens with one attached hydrogen (secondary N) is 1. The number of nitrogens with zero attached hydrogens (tertiary/aromatic N) is 1. The number of hydrogen-bond donors (Lipinski definition) is 2. The molecule has 2 N–H and O–H groups in total. The molecule has 1 saturated heterocycles. The first kappa shape index (κ1) is 13.7. The lowest BCUT2D eigenvalue weighted by molar-refractivity contribution is -0.131. The number of hydrogen-bond acceptors (Lipinski definition) is 5. The van der Waals surface area contributed by atoms with E-state index in [9.17, 15) is 9.59 Å². The van der Waals surface area contributed by atoms with Gasteiger partial charge in [-0.15, -0.1) is 0 Å². The molecule has 1 aliphatic heterocycles. The van der Waals surface area contributed by atoms with Gasteiger partial charge in [-0.2, -0.15) is 0 Å². The lowest BCUT2D eigenvalue weighted by Crippen LogP contribution is -2.22. The number of carboxylic acids is 1. The van der Waals surface area contributed by atoms with Crippen LogP contribution < -0.4 is 5.32 Å². The van der Waals surface area contributed by atoms with Crippen molar-refractivity contribution in [3.8, 4) is 0 Å². The van der Waals surface area contributed by atoms with Crippen molar-refractivity contribution in [2.24, 2.45) is 5.92 Å². The average Bonchev–Trinajstić information content (AvgIpc) is 2.95. The molecule has 19 heavy (non-hydrogen) atoms. The molecule has 1 fully saturated rings. The standard InChI is InChI=1S/C12H14N2O4S/c1-7-4-8(6-18-7)11(17)14-12-13-5-9(19-12)2-3-10(15)16/h2-3,5,7-8H,4,6H2,1H3,(H,15,16)(H,13,14,17)/b3-2+. The number of aromatic nitrogens is 1. The van der Waals surface area contributed by atoms with E-state index in [4.69, 9.17) is 9.84 Å². The van der Waals surface area contributed by atoms with Gasteiger partial charge < -0.3 is 15.2 Å². The Morgan fingerprint density at radius 3 is 3.05 bits per heavy atom. The van der Waals surface area contributed by atoms with E-state index in [2.05, 4.69) is 10.3 Å². The molecule has 2 atom stereocenters. The summed E-state index contributed by atoms with van der Waals surface area (Å²) in [4.78, 5) is 27.0. The van der Waals surface area contributed by atoms with Crippen molar-refractivity contribution >= 4 is 34.4 Å². The quantitative estimate of drug-likeness (QED) is 0.819. The molecular formula is C12H14N2O4S. The fraction of sp³-hybridized carbons (Fsp3) is 0.417. The molecule has 1 aromatic heterocycles. The van der Waals surface area contributed by atoms with E-state index in [1.807, 2.05) is 6.92 Å². The zero-order valence-corrected chi connectivity index (χ0v) is 11.1. The van der Waals surface area contributed by atoms with Crippen LogP contribution in [0.5, 0.6) is 0 Å². The first-order valence-electron chi connectivity index (χ1n) is 5.84. The van der Waals surface area contributed by atoms with Gasteiger partial charge >= 0.3 is 5.97 Å². The highest BCUT2D eigenvalue weighted by Crippen LogP contribution is 2.23. The lowest BCUT2D eigenvalue weighted by atomic mass is 10.1. The number of carbonyl (C=O) groups excluding carboxylic acids is 1. The van der Waals surface area contributed by atoms with Gasteiger partial charge in [0.1, 0.15) is 0 Å². The SMILES string of the molecule is CC1CC(C(=O)Nc2ncc(/C=C/C(=O)O)s2)CO1. The van der Waals surface area contributed by atoms with Crippen LogP contribution in [0.3, 0.4) is 0 Å². The maximum atomic E-state index is 11.9. The van der Waals surface area contributed by atoms with E-state index >= 15 is 0 Å². The van der Waals surface area contributed by atoms with Crippen molar-refractivity contribution < 1.29 is 19.4 Å². The molecule has 7 heteroatoms. The van der Waals surface area contributed by atoms with Gasteiger partial charge in [0.2, 0.25) is 5.91 Å². The van der Waals surface area contributed by atoms with Crippen LogP contribution in [0, 0.1) is 5.92 Å². The van der Waals surface area contributed by atoms with Crippen LogP contribution in [0.15, 0.2) is 12.3 Å². The van der Waals surface area contributed by atoms with Crippen LogP contribution in [0.4, 0.5) is 5.13 Å². The van der Waals surface area contributed by atoms with E-state index in [1.165, 1.54) is 23.6 Å². The molecule has 0 spiro atoms. The molecule has 1 aliphatic rings. The van der Waals surface area contributed by atoms with E-state index in [1.54, 1.807) is 0 Å². The molecule has 2 heterocycles. The van der Waals surface area contributed by atoms with Gasteiger partial charge in [0.25, 0.3) is 0 Å². The van der Waals surface area contributed by atoms with E-state index in [0.717, 1.165) is 6.08 Å². The summed E-state index contributed by atoms with van der Waals surface area (Å²) in [6.45, 7) is 2.37. The summed E-state index contributed by atoms with van der Waals surface area (Å²) in [6.07, 6.45) is 4.82. The Hall–Kier alpha value is -1.73. The summed E-state index contributed by atoms with van der Waals surface area (Å²) < 4.78 is 5.34. The molecule has 1 aromatic rings. The second kappa shape index (κ2) is 5.94. The Kier molecular flexibility index (Phi) is 4.28. The Morgan fingerprint density at radius 2 is 2.42 bits per heavy atom. The molecule has 1 amide bonds. The van der Waals surface area contributed by atoms with Crippen molar-refractivity contribution in [3.63, 3.8) is 0 Å². The number of amides is 1. The Morgan fingerprint density at radius 1 is 1.63 bits per heavy atom. The van der Waals surface area contributed by atoms with Crippen molar-refractivity contribution in [2.45, 2.75) is 19.4 Å². The van der Waals surface area contributed by atoms with Crippen molar-refractivity contribution in [2.75, 3.05) is 11.9 Å². The third-order valence-electron chi connectivity index (χ3n) is 2.71. The minimum absolute atomic E-state index is 0.104. The monoisotopic (exact) mass is 282 g/mol. The number of thiazole rings is 1. The largest absolute Gasteiger partial charge is 0.478 e. The summed E-state index contributed by atoms with van der Waals surface area (Å²) in [6, 6.07) is 0. The smallest absolute Gasteiger partial charge is 0.328 e. The number of carbonyl (C=O) groups is 2. The van der Waals surface area contributed by atoms with Crippen LogP contribution in [0.2, 0.25) is 0 Å². The first-order chi connectivity index (χ1) is 9.04. The molecule has 0 radical (unpaired) electrons. The van der Waals surface area contributed by atoms with E-state index < -0.39 is 5.97 Å². The molecular weight excluding hydrogens is 268 g/mol. The summed E-state index contributed by atoms with van der Waals surface area (Å²) in [5, 5.41) is 11.7. The highest BCUT2D eigenvalue weighted by Gasteiger charge is 2.28. The van der Waals surface area contributed by atoms with Crippen LogP contribution in [-0.2, 0) is 14.3 Å². The van der Waals surface area contributed by atoms with Crippen molar-refractivity contribution in [1.29, 1.82) is 0 Å². The normalized spacial score (nSPS) is 22.8. The summed E-state index contributed by atoms with van der Waals surface area (Å²) in [5.74, 6) is -1.26. The molecule has 0 aliphatic carbocycles. The molecule has 102 valence electrons. The number of aliphatic carboxylic acids is 1. The van der Waals surface area contributed by atoms with Gasteiger partial charge in [0.15, 0.2) is 5.13 Å². The highest BCUT2D eigenvalue weighted by molar-refractivity contribution is 7.16. The number of carboxylic acid groups (broad SMARTS) is 1. The fourth-order valence-corrected chi connectivity index (χ4v) is 2.50. The predicted octanol–water partition coefficient (Wildman–Crippen LogP) is 1.60. The highest BCUT2D eigenvalue weighted by atomic mass is 32.1. The Labute approximate surface area is 114 Å². The molecule has 2 rings (SSSR count). The maximum absolute atomic E-state index is 11.9. The van der Waals surface area contributed by atoms with Crippen LogP contribution in [0.1, 0.15) is 18.2 Å². The summed E-state index contributed by atoms with van der Waals surface area (Å²) in [5.41, 5.74) is 0.